The molecule has 0 radical (unpaired) electrons. The van der Waals surface area contributed by atoms with Crippen LogP contribution in [0, 0.1) is 0 Å². The second-order valence-corrected chi connectivity index (χ2v) is 6.22. The zero-order valence-corrected chi connectivity index (χ0v) is 10.8. The van der Waals surface area contributed by atoms with E-state index in [0.717, 1.165) is 6.61 Å². The van der Waals surface area contributed by atoms with Crippen molar-refractivity contribution >= 4 is 8.80 Å². The average molecular weight is 218 g/mol. The first-order valence-corrected chi connectivity index (χ1v) is 8.16. The molecule has 84 valence electrons. The topological polar surface area (TPSA) is 27.7 Å². The molecule has 1 atom stereocenters. The van der Waals surface area contributed by atoms with Crippen LogP contribution in [-0.2, 0) is 14.2 Å². The van der Waals surface area contributed by atoms with Crippen LogP contribution in [-0.4, -0.2) is 34.9 Å². The molecule has 0 aliphatic carbocycles. The van der Waals surface area contributed by atoms with Gasteiger partial charge in [-0.25, -0.2) is 0 Å². The fraction of sp³-hybridized carbons (Fsp3) is 0.800. The van der Waals surface area contributed by atoms with E-state index in [1.165, 1.54) is 0 Å². The van der Waals surface area contributed by atoms with Crippen LogP contribution in [0.15, 0.2) is 12.0 Å². The summed E-state index contributed by atoms with van der Waals surface area (Å²) in [6, 6.07) is 0. The van der Waals surface area contributed by atoms with Gasteiger partial charge in [0, 0.05) is 6.61 Å². The third-order valence-corrected chi connectivity index (χ3v) is 2.44. The summed E-state index contributed by atoms with van der Waals surface area (Å²) in [5, 5.41) is 0. The molecule has 1 unspecified atom stereocenters. The van der Waals surface area contributed by atoms with Crippen LogP contribution in [0.25, 0.3) is 0 Å². The van der Waals surface area contributed by atoms with Gasteiger partial charge in [-0.3, -0.25) is 0 Å². The third kappa shape index (κ3) is 9.76. The molecule has 0 aliphatic rings. The number of hydrogen-bond donors (Lipinski definition) is 0. The average Bonchev–Trinajstić information content (AvgIpc) is 2.12. The Morgan fingerprint density at radius 3 is 2.57 bits per heavy atom. The Labute approximate surface area is 88.7 Å². The number of ether oxygens (including phenoxy) is 3. The molecule has 0 saturated carbocycles. The van der Waals surface area contributed by atoms with Gasteiger partial charge in [0.25, 0.3) is 0 Å². The van der Waals surface area contributed by atoms with E-state index < -0.39 is 8.80 Å². The molecule has 0 heterocycles. The van der Waals surface area contributed by atoms with Gasteiger partial charge in [0.05, 0.1) is 28.3 Å². The van der Waals surface area contributed by atoms with Gasteiger partial charge in [0.2, 0.25) is 0 Å². The van der Waals surface area contributed by atoms with Crippen LogP contribution in [0.5, 0.6) is 0 Å². The molecule has 0 aromatic carbocycles. The molecule has 0 N–H and O–H groups in total. The van der Waals surface area contributed by atoms with Crippen LogP contribution >= 0.6 is 0 Å². The van der Waals surface area contributed by atoms with E-state index in [0.29, 0.717) is 13.2 Å². The molecule has 0 aromatic rings. The molecule has 0 aromatic heterocycles. The smallest absolute Gasteiger partial charge is 0.196 e. The maximum absolute atomic E-state index is 5.34. The van der Waals surface area contributed by atoms with Crippen LogP contribution in [0.2, 0.25) is 13.1 Å². The van der Waals surface area contributed by atoms with E-state index in [9.17, 15) is 0 Å². The predicted octanol–water partition coefficient (Wildman–Crippen LogP) is 1.94. The minimum Gasteiger partial charge on any atom is -0.474 e. The Bertz CT molecular complexity index is 148. The summed E-state index contributed by atoms with van der Waals surface area (Å²) in [4.78, 5) is 0. The summed E-state index contributed by atoms with van der Waals surface area (Å²) in [5.41, 5.74) is 2.13. The van der Waals surface area contributed by atoms with E-state index in [2.05, 4.69) is 18.8 Å². The van der Waals surface area contributed by atoms with Gasteiger partial charge < -0.3 is 14.2 Å². The van der Waals surface area contributed by atoms with Crippen molar-refractivity contribution in [1.29, 1.82) is 0 Å². The largest absolute Gasteiger partial charge is 0.474 e. The monoisotopic (exact) mass is 218 g/mol. The van der Waals surface area contributed by atoms with Crippen molar-refractivity contribution < 1.29 is 14.2 Å². The number of hydrogen-bond acceptors (Lipinski definition) is 3. The Morgan fingerprint density at radius 2 is 2.00 bits per heavy atom. The van der Waals surface area contributed by atoms with Crippen LogP contribution in [0.1, 0.15) is 13.8 Å². The summed E-state index contributed by atoms with van der Waals surface area (Å²) < 4.78 is 15.8. The quantitative estimate of drug-likeness (QED) is 0.270. The summed E-state index contributed by atoms with van der Waals surface area (Å²) in [6.07, 6.45) is 1.57. The molecule has 0 saturated heterocycles. The van der Waals surface area contributed by atoms with Gasteiger partial charge in [-0.05, 0) is 13.8 Å². The SMILES string of the molecule is CCOCCOC(C)O/C=C/[SiH](C)C. The van der Waals surface area contributed by atoms with Gasteiger partial charge in [-0.15, -0.1) is 0 Å². The first-order valence-electron chi connectivity index (χ1n) is 5.18. The van der Waals surface area contributed by atoms with Gasteiger partial charge in [-0.2, -0.15) is 0 Å². The Kier molecular flexibility index (Phi) is 9.03. The molecule has 0 bridgehead atoms. The molecule has 0 aliphatic heterocycles. The Morgan fingerprint density at radius 1 is 1.29 bits per heavy atom. The summed E-state index contributed by atoms with van der Waals surface area (Å²) in [5.74, 6) is 0. The van der Waals surface area contributed by atoms with Crippen molar-refractivity contribution in [2.45, 2.75) is 33.2 Å². The second kappa shape index (κ2) is 9.24. The molecule has 3 nitrogen and oxygen atoms in total. The molecular weight excluding hydrogens is 196 g/mol. The molecule has 0 amide bonds. The lowest BCUT2D eigenvalue weighted by atomic mass is 10.7. The Hall–Kier alpha value is -0.323. The highest BCUT2D eigenvalue weighted by Gasteiger charge is 1.98. The molecule has 0 rings (SSSR count). The van der Waals surface area contributed by atoms with Gasteiger partial charge in [-0.1, -0.05) is 18.8 Å². The number of rotatable bonds is 8. The van der Waals surface area contributed by atoms with Gasteiger partial charge in [0.1, 0.15) is 0 Å². The van der Waals surface area contributed by atoms with Crippen molar-refractivity contribution in [3.8, 4) is 0 Å². The van der Waals surface area contributed by atoms with Gasteiger partial charge in [0.15, 0.2) is 6.29 Å². The van der Waals surface area contributed by atoms with E-state index >= 15 is 0 Å². The lowest BCUT2D eigenvalue weighted by Gasteiger charge is -2.12. The normalized spacial score (nSPS) is 13.8. The molecular formula is C10H22O3Si. The highest BCUT2D eigenvalue weighted by molar-refractivity contribution is 6.61. The highest BCUT2D eigenvalue weighted by atomic mass is 28.3. The standard InChI is InChI=1S/C10H22O3Si/c1-5-11-6-7-12-10(2)13-8-9-14(3)4/h8-10,14H,5-7H2,1-4H3/b9-8+. The first-order chi connectivity index (χ1) is 6.66. The van der Waals surface area contributed by atoms with Crippen LogP contribution in [0.3, 0.4) is 0 Å². The van der Waals surface area contributed by atoms with Crippen molar-refractivity contribution in [3.63, 3.8) is 0 Å². The van der Waals surface area contributed by atoms with Crippen molar-refractivity contribution in [1.82, 2.24) is 0 Å². The molecule has 0 spiro atoms. The predicted molar refractivity (Wildman–Crippen MR) is 61.0 cm³/mol. The van der Waals surface area contributed by atoms with Crippen molar-refractivity contribution in [2.24, 2.45) is 0 Å². The van der Waals surface area contributed by atoms with Crippen molar-refractivity contribution in [3.05, 3.63) is 12.0 Å². The fourth-order valence-electron chi connectivity index (χ4n) is 0.770. The summed E-state index contributed by atoms with van der Waals surface area (Å²) >= 11 is 0. The van der Waals surface area contributed by atoms with Gasteiger partial charge >= 0.3 is 0 Å². The molecule has 0 fully saturated rings. The lowest BCUT2D eigenvalue weighted by molar-refractivity contribution is -0.105. The zero-order chi connectivity index (χ0) is 10.8. The maximum atomic E-state index is 5.34. The Balaban J connectivity index is 3.32. The molecule has 14 heavy (non-hydrogen) atoms. The third-order valence-electron chi connectivity index (χ3n) is 1.52. The van der Waals surface area contributed by atoms with E-state index in [4.69, 9.17) is 14.2 Å². The molecule has 4 heteroatoms. The lowest BCUT2D eigenvalue weighted by Crippen LogP contribution is -2.14. The minimum absolute atomic E-state index is 0.181. The highest BCUT2D eigenvalue weighted by Crippen LogP contribution is 1.95. The summed E-state index contributed by atoms with van der Waals surface area (Å²) in [7, 11) is -0.654. The fourth-order valence-corrected chi connectivity index (χ4v) is 1.17. The minimum atomic E-state index is -0.654. The van der Waals surface area contributed by atoms with E-state index in [1.807, 2.05) is 13.8 Å². The van der Waals surface area contributed by atoms with Crippen LogP contribution in [0.4, 0.5) is 0 Å². The van der Waals surface area contributed by atoms with E-state index in [-0.39, 0.29) is 6.29 Å². The first kappa shape index (κ1) is 13.7. The van der Waals surface area contributed by atoms with E-state index in [1.54, 1.807) is 6.26 Å². The van der Waals surface area contributed by atoms with Crippen LogP contribution < -0.4 is 0 Å². The maximum Gasteiger partial charge on any atom is 0.196 e. The summed E-state index contributed by atoms with van der Waals surface area (Å²) in [6.45, 7) is 10.3. The zero-order valence-electron chi connectivity index (χ0n) is 9.66. The van der Waals surface area contributed by atoms with Crippen molar-refractivity contribution in [2.75, 3.05) is 19.8 Å². The second-order valence-electron chi connectivity index (χ2n) is 3.34.